The van der Waals surface area contributed by atoms with Gasteiger partial charge in [-0.05, 0) is 6.42 Å². The van der Waals surface area contributed by atoms with Gasteiger partial charge in [0.25, 0.3) is 27.4 Å². The fourth-order valence-corrected chi connectivity index (χ4v) is 3.54. The van der Waals surface area contributed by atoms with E-state index in [-0.39, 0.29) is 49.9 Å². The van der Waals surface area contributed by atoms with Crippen LogP contribution in [0.4, 0.5) is 17.1 Å². The third-order valence-electron chi connectivity index (χ3n) is 4.19. The summed E-state index contributed by atoms with van der Waals surface area (Å²) in [4.78, 5) is 37.1. The number of benzene rings is 1. The summed E-state index contributed by atoms with van der Waals surface area (Å²) in [5, 5.41) is 32.4. The van der Waals surface area contributed by atoms with Crippen LogP contribution < -0.4 is 4.90 Å². The number of aliphatic hydroxyl groups excluding tert-OH is 1. The number of nitro groups is 2. The van der Waals surface area contributed by atoms with Crippen LogP contribution >= 0.6 is 11.6 Å². The zero-order valence-corrected chi connectivity index (χ0v) is 19.2. The van der Waals surface area contributed by atoms with Crippen molar-refractivity contribution < 1.29 is 32.3 Å². The van der Waals surface area contributed by atoms with Gasteiger partial charge in [-0.15, -0.1) is 11.6 Å². The lowest BCUT2D eigenvalue weighted by Crippen LogP contribution is -2.37. The summed E-state index contributed by atoms with van der Waals surface area (Å²) in [6.07, 6.45) is 1.34. The molecule has 0 unspecified atom stereocenters. The van der Waals surface area contributed by atoms with Gasteiger partial charge < -0.3 is 14.9 Å². The first kappa shape index (κ1) is 27.5. The van der Waals surface area contributed by atoms with Gasteiger partial charge in [-0.3, -0.25) is 29.2 Å². The number of alkyl halides is 1. The number of hydrogen-bond donors (Lipinski definition) is 1. The van der Waals surface area contributed by atoms with Crippen LogP contribution in [0.1, 0.15) is 23.7 Å². The molecule has 0 heterocycles. The third kappa shape index (κ3) is 7.85. The van der Waals surface area contributed by atoms with Crippen LogP contribution in [0, 0.1) is 20.2 Å². The number of carbonyl (C=O) groups is 1. The molecule has 1 aromatic rings. The number of rotatable bonds is 14. The van der Waals surface area contributed by atoms with E-state index in [0.717, 1.165) is 18.4 Å². The van der Waals surface area contributed by atoms with Gasteiger partial charge in [0, 0.05) is 38.1 Å². The van der Waals surface area contributed by atoms with Crippen molar-refractivity contribution in [2.75, 3.05) is 56.4 Å². The number of aliphatic hydroxyl groups is 1. The molecular formula is C17H25ClN4O9S. The standard InChI is InChI=1S/C17H25ClN4O9S/c1-3-5-20(7-9-23)17(24)14-11-13(21(25)26)12-15(22(27)28)16(14)19(6-4-18)8-10-31-32(2,29)30/h11-12,23H,3-10H2,1-2H3. The number of nitro benzene ring substituents is 2. The molecule has 0 fully saturated rings. The largest absolute Gasteiger partial charge is 0.395 e. The topological polar surface area (TPSA) is 173 Å². The van der Waals surface area contributed by atoms with Crippen molar-refractivity contribution >= 4 is 44.7 Å². The predicted molar refractivity (Wildman–Crippen MR) is 117 cm³/mol. The third-order valence-corrected chi connectivity index (χ3v) is 4.96. The molecule has 0 radical (unpaired) electrons. The maximum Gasteiger partial charge on any atom is 0.300 e. The van der Waals surface area contributed by atoms with Crippen LogP contribution in [-0.4, -0.2) is 85.7 Å². The monoisotopic (exact) mass is 496 g/mol. The lowest BCUT2D eigenvalue weighted by Gasteiger charge is -2.28. The van der Waals surface area contributed by atoms with E-state index in [9.17, 15) is 38.5 Å². The summed E-state index contributed by atoms with van der Waals surface area (Å²) >= 11 is 5.82. The second-order valence-corrected chi connectivity index (χ2v) is 8.62. The highest BCUT2D eigenvalue weighted by molar-refractivity contribution is 7.85. The van der Waals surface area contributed by atoms with Gasteiger partial charge in [0.15, 0.2) is 0 Å². The number of amides is 1. The molecule has 180 valence electrons. The molecule has 0 aliphatic rings. The molecule has 0 atom stereocenters. The van der Waals surface area contributed by atoms with E-state index in [1.807, 2.05) is 0 Å². The van der Waals surface area contributed by atoms with E-state index < -0.39 is 43.9 Å². The Bertz CT molecular complexity index is 936. The lowest BCUT2D eigenvalue weighted by molar-refractivity contribution is -0.393. The van der Waals surface area contributed by atoms with Crippen LogP contribution in [0.3, 0.4) is 0 Å². The lowest BCUT2D eigenvalue weighted by atomic mass is 10.1. The van der Waals surface area contributed by atoms with Gasteiger partial charge in [-0.1, -0.05) is 6.92 Å². The average Bonchev–Trinajstić information content (AvgIpc) is 2.70. The highest BCUT2D eigenvalue weighted by atomic mass is 35.5. The Hall–Kier alpha value is -2.55. The Labute approximate surface area is 189 Å². The molecule has 13 nitrogen and oxygen atoms in total. The molecule has 0 saturated carbocycles. The maximum absolute atomic E-state index is 13.2. The average molecular weight is 497 g/mol. The Morgan fingerprint density at radius 1 is 1.16 bits per heavy atom. The van der Waals surface area contributed by atoms with Crippen LogP contribution in [-0.2, 0) is 14.3 Å². The van der Waals surface area contributed by atoms with Crippen LogP contribution in [0.5, 0.6) is 0 Å². The molecule has 0 aromatic heterocycles. The fraction of sp³-hybridized carbons (Fsp3) is 0.588. The second kappa shape index (κ2) is 12.5. The Morgan fingerprint density at radius 3 is 2.28 bits per heavy atom. The van der Waals surface area contributed by atoms with Crippen molar-refractivity contribution in [3.63, 3.8) is 0 Å². The molecule has 0 saturated heterocycles. The SMILES string of the molecule is CCCN(CCO)C(=O)c1cc([N+](=O)[O-])cc([N+](=O)[O-])c1N(CCCl)CCOS(C)(=O)=O. The normalized spacial score (nSPS) is 11.2. The van der Waals surface area contributed by atoms with Crippen molar-refractivity contribution in [3.05, 3.63) is 37.9 Å². The Kier molecular flexibility index (Phi) is 10.7. The van der Waals surface area contributed by atoms with Crippen LogP contribution in [0.2, 0.25) is 0 Å². The zero-order valence-electron chi connectivity index (χ0n) is 17.6. The van der Waals surface area contributed by atoms with Gasteiger partial charge in [-0.2, -0.15) is 8.42 Å². The number of hydrogen-bond acceptors (Lipinski definition) is 10. The first-order valence-electron chi connectivity index (χ1n) is 9.49. The van der Waals surface area contributed by atoms with Crippen molar-refractivity contribution in [1.29, 1.82) is 0 Å². The number of carbonyl (C=O) groups excluding carboxylic acids is 1. The maximum atomic E-state index is 13.2. The summed E-state index contributed by atoms with van der Waals surface area (Å²) < 4.78 is 27.2. The summed E-state index contributed by atoms with van der Waals surface area (Å²) in [6.45, 7) is 0.862. The number of non-ortho nitro benzene ring substituents is 1. The first-order valence-corrected chi connectivity index (χ1v) is 11.8. The molecule has 0 spiro atoms. The van der Waals surface area contributed by atoms with E-state index in [2.05, 4.69) is 0 Å². The van der Waals surface area contributed by atoms with E-state index in [0.29, 0.717) is 6.42 Å². The molecule has 0 aliphatic heterocycles. The van der Waals surface area contributed by atoms with Gasteiger partial charge in [0.2, 0.25) is 0 Å². The van der Waals surface area contributed by atoms with E-state index in [4.69, 9.17) is 15.8 Å². The highest BCUT2D eigenvalue weighted by Crippen LogP contribution is 2.37. The smallest absolute Gasteiger partial charge is 0.300 e. The van der Waals surface area contributed by atoms with E-state index >= 15 is 0 Å². The van der Waals surface area contributed by atoms with Gasteiger partial charge in [0.05, 0.1) is 40.9 Å². The molecule has 0 aliphatic carbocycles. The Morgan fingerprint density at radius 2 is 1.81 bits per heavy atom. The van der Waals surface area contributed by atoms with Crippen molar-refractivity contribution in [3.8, 4) is 0 Å². The molecular weight excluding hydrogens is 472 g/mol. The van der Waals surface area contributed by atoms with Gasteiger partial charge >= 0.3 is 0 Å². The molecule has 0 bridgehead atoms. The van der Waals surface area contributed by atoms with Gasteiger partial charge in [-0.25, -0.2) is 0 Å². The molecule has 1 aromatic carbocycles. The van der Waals surface area contributed by atoms with E-state index in [1.54, 1.807) is 6.92 Å². The second-order valence-electron chi connectivity index (χ2n) is 6.59. The van der Waals surface area contributed by atoms with Crippen molar-refractivity contribution in [1.82, 2.24) is 4.90 Å². The van der Waals surface area contributed by atoms with E-state index in [1.165, 1.54) is 9.80 Å². The fourth-order valence-electron chi connectivity index (χ4n) is 2.96. The number of nitrogens with zero attached hydrogens (tertiary/aromatic N) is 4. The number of anilines is 1. The summed E-state index contributed by atoms with van der Waals surface area (Å²) in [6, 6.07) is 1.64. The summed E-state index contributed by atoms with van der Waals surface area (Å²) in [7, 11) is -3.80. The quantitative estimate of drug-likeness (QED) is 0.171. The minimum absolute atomic E-state index is 0.0403. The molecule has 1 N–H and O–H groups in total. The van der Waals surface area contributed by atoms with Crippen LogP contribution in [0.15, 0.2) is 12.1 Å². The first-order chi connectivity index (χ1) is 15.0. The van der Waals surface area contributed by atoms with Crippen molar-refractivity contribution in [2.45, 2.75) is 13.3 Å². The Balaban J connectivity index is 3.70. The molecule has 1 rings (SSSR count). The van der Waals surface area contributed by atoms with Crippen molar-refractivity contribution in [2.24, 2.45) is 0 Å². The molecule has 32 heavy (non-hydrogen) atoms. The predicted octanol–water partition coefficient (Wildman–Crippen LogP) is 1.37. The van der Waals surface area contributed by atoms with Gasteiger partial charge in [0.1, 0.15) is 5.69 Å². The molecule has 1 amide bonds. The minimum atomic E-state index is -3.80. The zero-order chi connectivity index (χ0) is 24.5. The molecule has 15 heteroatoms. The highest BCUT2D eigenvalue weighted by Gasteiger charge is 2.32. The minimum Gasteiger partial charge on any atom is -0.395 e. The summed E-state index contributed by atoms with van der Waals surface area (Å²) in [5.41, 5.74) is -1.96. The van der Waals surface area contributed by atoms with Crippen LogP contribution in [0.25, 0.3) is 0 Å². The summed E-state index contributed by atoms with van der Waals surface area (Å²) in [5.74, 6) is -0.804. The number of halogens is 1.